The summed E-state index contributed by atoms with van der Waals surface area (Å²) in [5.41, 5.74) is 6.26. The molecule has 2 aromatic heterocycles. The van der Waals surface area contributed by atoms with Crippen molar-refractivity contribution < 1.29 is 18.6 Å². The minimum absolute atomic E-state index is 0.278. The maximum Gasteiger partial charge on any atom is 0.230 e. The van der Waals surface area contributed by atoms with Crippen LogP contribution in [0.15, 0.2) is 57.4 Å². The Balaban J connectivity index is 1.39. The SMILES string of the molecule is COc1ccc(OC)c(-c2nc(COc3ccc(C=NNc4nc(C)cs4)cc3)c(C)o2)c1. The van der Waals surface area contributed by atoms with Crippen LogP contribution in [-0.2, 0) is 6.61 Å². The molecule has 2 heterocycles. The second-order valence-electron chi connectivity index (χ2n) is 7.11. The zero-order valence-electron chi connectivity index (χ0n) is 18.8. The first-order valence-corrected chi connectivity index (χ1v) is 11.1. The zero-order valence-corrected chi connectivity index (χ0v) is 19.6. The molecule has 0 amide bonds. The molecule has 0 radical (unpaired) electrons. The summed E-state index contributed by atoms with van der Waals surface area (Å²) in [6.45, 7) is 4.08. The van der Waals surface area contributed by atoms with E-state index in [0.29, 0.717) is 28.8 Å². The van der Waals surface area contributed by atoms with E-state index in [1.165, 1.54) is 11.3 Å². The van der Waals surface area contributed by atoms with Gasteiger partial charge in [-0.25, -0.2) is 9.97 Å². The van der Waals surface area contributed by atoms with Crippen molar-refractivity contribution in [1.82, 2.24) is 9.97 Å². The van der Waals surface area contributed by atoms with Crippen molar-refractivity contribution in [3.63, 3.8) is 0 Å². The van der Waals surface area contributed by atoms with E-state index in [4.69, 9.17) is 18.6 Å². The molecule has 170 valence electrons. The zero-order chi connectivity index (χ0) is 23.2. The number of aryl methyl sites for hydroxylation is 2. The Morgan fingerprint density at radius 1 is 1.03 bits per heavy atom. The maximum absolute atomic E-state index is 5.91. The number of thiazole rings is 1. The van der Waals surface area contributed by atoms with Crippen LogP contribution in [0.1, 0.15) is 22.7 Å². The predicted octanol–water partition coefficient (Wildman–Crippen LogP) is 5.46. The number of anilines is 1. The first-order chi connectivity index (χ1) is 16.1. The molecule has 0 aliphatic carbocycles. The van der Waals surface area contributed by atoms with Gasteiger partial charge in [0.05, 0.1) is 31.7 Å². The van der Waals surface area contributed by atoms with Crippen LogP contribution in [0, 0.1) is 13.8 Å². The second-order valence-corrected chi connectivity index (χ2v) is 7.97. The van der Waals surface area contributed by atoms with Crippen molar-refractivity contribution in [2.75, 3.05) is 19.6 Å². The minimum atomic E-state index is 0.278. The summed E-state index contributed by atoms with van der Waals surface area (Å²) in [5, 5.41) is 6.94. The Hall–Kier alpha value is -3.85. The Morgan fingerprint density at radius 2 is 1.82 bits per heavy atom. The lowest BCUT2D eigenvalue weighted by Crippen LogP contribution is -1.98. The summed E-state index contributed by atoms with van der Waals surface area (Å²) in [6, 6.07) is 13.1. The van der Waals surface area contributed by atoms with Crippen LogP contribution in [0.4, 0.5) is 5.13 Å². The van der Waals surface area contributed by atoms with Crippen molar-refractivity contribution in [2.24, 2.45) is 5.10 Å². The second kappa shape index (κ2) is 10.2. The number of hydrazone groups is 1. The van der Waals surface area contributed by atoms with Gasteiger partial charge in [-0.3, -0.25) is 5.43 Å². The van der Waals surface area contributed by atoms with Crippen LogP contribution in [0.3, 0.4) is 0 Å². The van der Waals surface area contributed by atoms with Crippen LogP contribution >= 0.6 is 11.3 Å². The highest BCUT2D eigenvalue weighted by Crippen LogP contribution is 2.34. The van der Waals surface area contributed by atoms with E-state index >= 15 is 0 Å². The van der Waals surface area contributed by atoms with Gasteiger partial charge in [0, 0.05) is 5.38 Å². The Morgan fingerprint density at radius 3 is 2.52 bits per heavy atom. The first kappa shape index (κ1) is 22.3. The predicted molar refractivity (Wildman–Crippen MR) is 129 cm³/mol. The fraction of sp³-hybridized carbons (Fsp3) is 0.208. The lowest BCUT2D eigenvalue weighted by Gasteiger charge is -2.07. The average Bonchev–Trinajstić information content (AvgIpc) is 3.42. The van der Waals surface area contributed by atoms with Crippen LogP contribution in [-0.4, -0.2) is 30.4 Å². The molecule has 0 bridgehead atoms. The summed E-state index contributed by atoms with van der Waals surface area (Å²) >= 11 is 1.51. The summed E-state index contributed by atoms with van der Waals surface area (Å²) in [5.74, 6) is 3.21. The highest BCUT2D eigenvalue weighted by atomic mass is 32.1. The number of hydrogen-bond acceptors (Lipinski definition) is 9. The molecule has 0 atom stereocenters. The Labute approximate surface area is 195 Å². The molecule has 0 aliphatic rings. The molecule has 9 heteroatoms. The molecule has 4 aromatic rings. The van der Waals surface area contributed by atoms with Gasteiger partial charge in [-0.15, -0.1) is 11.3 Å². The number of nitrogens with zero attached hydrogens (tertiary/aromatic N) is 3. The third kappa shape index (κ3) is 5.50. The van der Waals surface area contributed by atoms with E-state index in [9.17, 15) is 0 Å². The van der Waals surface area contributed by atoms with Crippen molar-refractivity contribution in [2.45, 2.75) is 20.5 Å². The molecule has 33 heavy (non-hydrogen) atoms. The number of benzene rings is 2. The van der Waals surface area contributed by atoms with E-state index < -0.39 is 0 Å². The number of ether oxygens (including phenoxy) is 3. The average molecular weight is 465 g/mol. The van der Waals surface area contributed by atoms with Crippen molar-refractivity contribution in [3.05, 3.63) is 70.6 Å². The number of rotatable bonds is 9. The van der Waals surface area contributed by atoms with Crippen LogP contribution in [0.25, 0.3) is 11.5 Å². The van der Waals surface area contributed by atoms with Crippen molar-refractivity contribution >= 4 is 22.7 Å². The van der Waals surface area contributed by atoms with Gasteiger partial charge in [0.2, 0.25) is 11.0 Å². The summed E-state index contributed by atoms with van der Waals surface area (Å²) in [6.07, 6.45) is 1.73. The quantitative estimate of drug-likeness (QED) is 0.260. The van der Waals surface area contributed by atoms with Gasteiger partial charge in [0.15, 0.2) is 0 Å². The molecule has 0 saturated heterocycles. The molecule has 2 aromatic carbocycles. The van der Waals surface area contributed by atoms with Crippen molar-refractivity contribution in [1.29, 1.82) is 0 Å². The third-order valence-electron chi connectivity index (χ3n) is 4.78. The van der Waals surface area contributed by atoms with Gasteiger partial charge in [0.1, 0.15) is 35.3 Å². The molecule has 0 fully saturated rings. The van der Waals surface area contributed by atoms with Crippen LogP contribution in [0.5, 0.6) is 17.2 Å². The van der Waals surface area contributed by atoms with Gasteiger partial charge in [0.25, 0.3) is 0 Å². The normalized spacial score (nSPS) is 11.0. The molecular formula is C24H24N4O4S. The van der Waals surface area contributed by atoms with Gasteiger partial charge in [-0.05, 0) is 61.9 Å². The maximum atomic E-state index is 5.91. The number of aromatic nitrogens is 2. The summed E-state index contributed by atoms with van der Waals surface area (Å²) in [7, 11) is 3.22. The molecule has 0 spiro atoms. The third-order valence-corrected chi connectivity index (χ3v) is 5.64. The molecule has 4 rings (SSSR count). The fourth-order valence-corrected chi connectivity index (χ4v) is 3.66. The van der Waals surface area contributed by atoms with Gasteiger partial charge in [-0.1, -0.05) is 0 Å². The standard InChI is InChI=1S/C24H24N4O4S/c1-15-14-33-24(26-15)28-25-12-17-5-7-18(8-6-17)31-13-21-16(2)32-23(27-21)20-11-19(29-3)9-10-22(20)30-4/h5-12,14H,13H2,1-4H3,(H,26,28). The lowest BCUT2D eigenvalue weighted by atomic mass is 10.2. The fourth-order valence-electron chi connectivity index (χ4n) is 3.03. The number of hydrogen-bond donors (Lipinski definition) is 1. The smallest absolute Gasteiger partial charge is 0.230 e. The summed E-state index contributed by atoms with van der Waals surface area (Å²) in [4.78, 5) is 8.91. The van der Waals surface area contributed by atoms with Crippen LogP contribution in [0.2, 0.25) is 0 Å². The molecule has 0 unspecified atom stereocenters. The van der Waals surface area contributed by atoms with E-state index in [-0.39, 0.29) is 6.61 Å². The largest absolute Gasteiger partial charge is 0.497 e. The highest BCUT2D eigenvalue weighted by molar-refractivity contribution is 7.13. The summed E-state index contributed by atoms with van der Waals surface area (Å²) < 4.78 is 22.5. The first-order valence-electron chi connectivity index (χ1n) is 10.2. The molecule has 0 aliphatic heterocycles. The number of oxazole rings is 1. The minimum Gasteiger partial charge on any atom is -0.497 e. The van der Waals surface area contributed by atoms with E-state index in [1.54, 1.807) is 20.4 Å². The molecule has 8 nitrogen and oxygen atoms in total. The van der Waals surface area contributed by atoms with Crippen molar-refractivity contribution in [3.8, 4) is 28.7 Å². The number of methoxy groups -OCH3 is 2. The number of nitrogens with one attached hydrogen (secondary N) is 1. The highest BCUT2D eigenvalue weighted by Gasteiger charge is 2.17. The molecular weight excluding hydrogens is 440 g/mol. The van der Waals surface area contributed by atoms with E-state index in [2.05, 4.69) is 20.5 Å². The lowest BCUT2D eigenvalue weighted by molar-refractivity contribution is 0.299. The monoisotopic (exact) mass is 464 g/mol. The van der Waals surface area contributed by atoms with Gasteiger partial charge >= 0.3 is 0 Å². The van der Waals surface area contributed by atoms with Gasteiger partial charge in [-0.2, -0.15) is 5.10 Å². The Kier molecular flexibility index (Phi) is 6.89. The van der Waals surface area contributed by atoms with E-state index in [0.717, 1.165) is 27.7 Å². The van der Waals surface area contributed by atoms with Crippen LogP contribution < -0.4 is 19.6 Å². The van der Waals surface area contributed by atoms with E-state index in [1.807, 2.05) is 61.7 Å². The Bertz CT molecular complexity index is 1250. The topological polar surface area (TPSA) is 91.0 Å². The molecule has 0 saturated carbocycles. The molecule has 1 N–H and O–H groups in total. The van der Waals surface area contributed by atoms with Gasteiger partial charge < -0.3 is 18.6 Å².